The van der Waals surface area contributed by atoms with E-state index in [9.17, 15) is 4.79 Å². The molecule has 2 heterocycles. The SMILES string of the molecule is COc1cc(-c2cnc3[nH]cc(-c4ccc(C(=O)O)cc4)c3c2)cc(OC)c1OC. The zero-order valence-corrected chi connectivity index (χ0v) is 16.7. The first kappa shape index (κ1) is 19.3. The van der Waals surface area contributed by atoms with Crippen LogP contribution in [0, 0.1) is 0 Å². The van der Waals surface area contributed by atoms with Gasteiger partial charge in [-0.15, -0.1) is 0 Å². The van der Waals surface area contributed by atoms with E-state index in [1.165, 1.54) is 0 Å². The highest BCUT2D eigenvalue weighted by Crippen LogP contribution is 2.41. The molecule has 0 unspecified atom stereocenters. The lowest BCUT2D eigenvalue weighted by atomic mass is 10.0. The van der Waals surface area contributed by atoms with Crippen LogP contribution < -0.4 is 14.2 Å². The van der Waals surface area contributed by atoms with E-state index in [0.717, 1.165) is 33.3 Å². The molecular formula is C23H20N2O5. The molecule has 0 bridgehead atoms. The molecule has 0 aliphatic carbocycles. The number of hydrogen-bond donors (Lipinski definition) is 2. The van der Waals surface area contributed by atoms with Crippen molar-refractivity contribution in [2.24, 2.45) is 0 Å². The summed E-state index contributed by atoms with van der Waals surface area (Å²) in [6.45, 7) is 0. The summed E-state index contributed by atoms with van der Waals surface area (Å²) in [5.41, 5.74) is 4.56. The van der Waals surface area contributed by atoms with Gasteiger partial charge in [0.25, 0.3) is 0 Å². The Balaban J connectivity index is 1.83. The fourth-order valence-corrected chi connectivity index (χ4v) is 3.44. The fourth-order valence-electron chi connectivity index (χ4n) is 3.44. The number of carbonyl (C=O) groups is 1. The number of rotatable bonds is 6. The summed E-state index contributed by atoms with van der Waals surface area (Å²) in [6, 6.07) is 12.5. The number of ether oxygens (including phenoxy) is 3. The number of methoxy groups -OCH3 is 3. The highest BCUT2D eigenvalue weighted by atomic mass is 16.5. The van der Waals surface area contributed by atoms with Gasteiger partial charge in [-0.25, -0.2) is 9.78 Å². The standard InChI is InChI=1S/C23H20N2O5/c1-28-19-9-15(10-20(29-2)21(19)30-3)16-8-17-18(12-25-22(17)24-11-16)13-4-6-14(7-5-13)23(26)27/h4-12H,1-3H3,(H,24,25)(H,26,27). The highest BCUT2D eigenvalue weighted by Gasteiger charge is 2.16. The number of H-pyrrole nitrogens is 1. The van der Waals surface area contributed by atoms with E-state index in [1.807, 2.05) is 24.4 Å². The molecule has 2 N–H and O–H groups in total. The van der Waals surface area contributed by atoms with Crippen LogP contribution in [0.3, 0.4) is 0 Å². The molecule has 30 heavy (non-hydrogen) atoms. The molecule has 4 aromatic rings. The summed E-state index contributed by atoms with van der Waals surface area (Å²) < 4.78 is 16.3. The summed E-state index contributed by atoms with van der Waals surface area (Å²) in [4.78, 5) is 18.8. The van der Waals surface area contributed by atoms with Crippen molar-refractivity contribution < 1.29 is 24.1 Å². The molecule has 7 nitrogen and oxygen atoms in total. The van der Waals surface area contributed by atoms with Gasteiger partial charge in [0.2, 0.25) is 5.75 Å². The summed E-state index contributed by atoms with van der Waals surface area (Å²) in [7, 11) is 4.72. The van der Waals surface area contributed by atoms with Crippen molar-refractivity contribution in [2.75, 3.05) is 21.3 Å². The van der Waals surface area contributed by atoms with Crippen LogP contribution >= 0.6 is 0 Å². The number of nitrogens with one attached hydrogen (secondary N) is 1. The minimum Gasteiger partial charge on any atom is -0.493 e. The maximum atomic E-state index is 11.1. The Morgan fingerprint density at radius 3 is 2.13 bits per heavy atom. The first-order valence-corrected chi connectivity index (χ1v) is 9.17. The van der Waals surface area contributed by atoms with E-state index in [-0.39, 0.29) is 5.56 Å². The van der Waals surface area contributed by atoms with Crippen molar-refractivity contribution in [3.8, 4) is 39.5 Å². The third kappa shape index (κ3) is 3.30. The van der Waals surface area contributed by atoms with Crippen LogP contribution in [-0.4, -0.2) is 42.4 Å². The fraction of sp³-hybridized carbons (Fsp3) is 0.130. The van der Waals surface area contributed by atoms with Gasteiger partial charge in [-0.05, 0) is 41.5 Å². The quantitative estimate of drug-likeness (QED) is 0.487. The van der Waals surface area contributed by atoms with Crippen LogP contribution in [0.25, 0.3) is 33.3 Å². The van der Waals surface area contributed by atoms with Crippen LogP contribution in [0.4, 0.5) is 0 Å². The molecule has 0 atom stereocenters. The first-order valence-electron chi connectivity index (χ1n) is 9.17. The van der Waals surface area contributed by atoms with Crippen LogP contribution in [0.2, 0.25) is 0 Å². The monoisotopic (exact) mass is 404 g/mol. The molecule has 0 saturated carbocycles. The zero-order chi connectivity index (χ0) is 21.3. The molecule has 2 aromatic carbocycles. The van der Waals surface area contributed by atoms with E-state index in [1.54, 1.807) is 51.8 Å². The van der Waals surface area contributed by atoms with E-state index < -0.39 is 5.97 Å². The Kier molecular flexibility index (Phi) is 5.02. The number of fused-ring (bicyclic) bond motifs is 1. The predicted molar refractivity (Wildman–Crippen MR) is 114 cm³/mol. The molecule has 4 rings (SSSR count). The maximum absolute atomic E-state index is 11.1. The normalized spacial score (nSPS) is 10.8. The van der Waals surface area contributed by atoms with Gasteiger partial charge in [0, 0.05) is 28.9 Å². The smallest absolute Gasteiger partial charge is 0.335 e. The van der Waals surface area contributed by atoms with Gasteiger partial charge in [0.15, 0.2) is 11.5 Å². The number of carboxylic acid groups (broad SMARTS) is 1. The summed E-state index contributed by atoms with van der Waals surface area (Å²) >= 11 is 0. The molecule has 2 aromatic heterocycles. The lowest BCUT2D eigenvalue weighted by Crippen LogP contribution is -1.96. The van der Waals surface area contributed by atoms with E-state index in [2.05, 4.69) is 9.97 Å². The van der Waals surface area contributed by atoms with Crippen LogP contribution in [0.5, 0.6) is 17.2 Å². The molecule has 0 aliphatic rings. The number of hydrogen-bond acceptors (Lipinski definition) is 5. The Labute approximate surface area is 172 Å². The van der Waals surface area contributed by atoms with Crippen LogP contribution in [0.15, 0.2) is 54.9 Å². The molecular weight excluding hydrogens is 384 g/mol. The first-order chi connectivity index (χ1) is 14.5. The number of pyridine rings is 1. The molecule has 0 spiro atoms. The molecule has 152 valence electrons. The molecule has 0 amide bonds. The second-order valence-corrected chi connectivity index (χ2v) is 6.62. The van der Waals surface area contributed by atoms with Crippen molar-refractivity contribution in [2.45, 2.75) is 0 Å². The van der Waals surface area contributed by atoms with E-state index in [4.69, 9.17) is 19.3 Å². The highest BCUT2D eigenvalue weighted by molar-refractivity contribution is 5.96. The Morgan fingerprint density at radius 1 is 0.900 bits per heavy atom. The predicted octanol–water partition coefficient (Wildman–Crippen LogP) is 4.62. The molecule has 0 aliphatic heterocycles. The average Bonchev–Trinajstić information content (AvgIpc) is 3.21. The third-order valence-electron chi connectivity index (χ3n) is 4.97. The Morgan fingerprint density at radius 2 is 1.57 bits per heavy atom. The Bertz CT molecular complexity index is 1200. The van der Waals surface area contributed by atoms with Crippen molar-refractivity contribution in [1.29, 1.82) is 0 Å². The van der Waals surface area contributed by atoms with Crippen LogP contribution in [-0.2, 0) is 0 Å². The average molecular weight is 404 g/mol. The largest absolute Gasteiger partial charge is 0.493 e. The minimum absolute atomic E-state index is 0.245. The van der Waals surface area contributed by atoms with Gasteiger partial charge < -0.3 is 24.3 Å². The zero-order valence-electron chi connectivity index (χ0n) is 16.7. The minimum atomic E-state index is -0.952. The number of aromatic carboxylic acids is 1. The second kappa shape index (κ2) is 7.79. The Hall–Kier alpha value is -4.00. The molecule has 0 radical (unpaired) electrons. The van der Waals surface area contributed by atoms with Crippen molar-refractivity contribution in [3.05, 3.63) is 60.4 Å². The second-order valence-electron chi connectivity index (χ2n) is 6.62. The van der Waals surface area contributed by atoms with Gasteiger partial charge in [-0.3, -0.25) is 0 Å². The van der Waals surface area contributed by atoms with Gasteiger partial charge in [0.1, 0.15) is 5.65 Å². The van der Waals surface area contributed by atoms with Gasteiger partial charge >= 0.3 is 5.97 Å². The number of aromatic nitrogens is 2. The topological polar surface area (TPSA) is 93.7 Å². The van der Waals surface area contributed by atoms with Crippen molar-refractivity contribution >= 4 is 17.0 Å². The van der Waals surface area contributed by atoms with E-state index >= 15 is 0 Å². The number of nitrogens with zero attached hydrogens (tertiary/aromatic N) is 1. The summed E-state index contributed by atoms with van der Waals surface area (Å²) in [5, 5.41) is 10.0. The lowest BCUT2D eigenvalue weighted by Gasteiger charge is -2.14. The van der Waals surface area contributed by atoms with Crippen molar-refractivity contribution in [3.63, 3.8) is 0 Å². The number of aromatic amines is 1. The molecule has 0 saturated heterocycles. The summed E-state index contributed by atoms with van der Waals surface area (Å²) in [5.74, 6) is 0.696. The van der Waals surface area contributed by atoms with E-state index in [0.29, 0.717) is 17.2 Å². The third-order valence-corrected chi connectivity index (χ3v) is 4.97. The van der Waals surface area contributed by atoms with Gasteiger partial charge in [-0.1, -0.05) is 12.1 Å². The maximum Gasteiger partial charge on any atom is 0.335 e. The molecule has 0 fully saturated rings. The molecule has 7 heteroatoms. The van der Waals surface area contributed by atoms with Gasteiger partial charge in [-0.2, -0.15) is 0 Å². The van der Waals surface area contributed by atoms with Crippen molar-refractivity contribution in [1.82, 2.24) is 9.97 Å². The number of benzene rings is 2. The summed E-state index contributed by atoms with van der Waals surface area (Å²) in [6.07, 6.45) is 3.64. The van der Waals surface area contributed by atoms with Gasteiger partial charge in [0.05, 0.1) is 26.9 Å². The number of carboxylic acids is 1. The van der Waals surface area contributed by atoms with Crippen LogP contribution in [0.1, 0.15) is 10.4 Å². The lowest BCUT2D eigenvalue weighted by molar-refractivity contribution is 0.0697.